The van der Waals surface area contributed by atoms with E-state index in [1.54, 1.807) is 0 Å². The highest BCUT2D eigenvalue weighted by atomic mass is 32.2. The third-order valence-corrected chi connectivity index (χ3v) is 5.94. The summed E-state index contributed by atoms with van der Waals surface area (Å²) in [7, 11) is 0. The van der Waals surface area contributed by atoms with Gasteiger partial charge in [0.1, 0.15) is 0 Å². The minimum Gasteiger partial charge on any atom is -0.326 e. The van der Waals surface area contributed by atoms with Crippen LogP contribution >= 0.6 is 23.1 Å². The lowest BCUT2D eigenvalue weighted by atomic mass is 10.1. The maximum absolute atomic E-state index is 6.34. The van der Waals surface area contributed by atoms with Crippen LogP contribution in [0.2, 0.25) is 0 Å². The van der Waals surface area contributed by atoms with Crippen LogP contribution in [0.25, 0.3) is 0 Å². The number of hydrogen-bond donors (Lipinski definition) is 1. The number of nitrogens with two attached hydrogens (primary N) is 1. The van der Waals surface area contributed by atoms with Crippen molar-refractivity contribution in [2.45, 2.75) is 43.4 Å². The van der Waals surface area contributed by atoms with Crippen molar-refractivity contribution in [1.29, 1.82) is 0 Å². The molecule has 2 aromatic rings. The molecule has 102 valence electrons. The number of thiophene rings is 1. The van der Waals surface area contributed by atoms with E-state index in [1.807, 2.05) is 23.1 Å². The van der Waals surface area contributed by atoms with Crippen molar-refractivity contribution in [2.75, 3.05) is 0 Å². The van der Waals surface area contributed by atoms with Crippen LogP contribution in [-0.4, -0.2) is 6.04 Å². The Morgan fingerprint density at radius 1 is 1.16 bits per heavy atom. The predicted octanol–water partition coefficient (Wildman–Crippen LogP) is 4.94. The first-order chi connectivity index (χ1) is 9.11. The van der Waals surface area contributed by atoms with Gasteiger partial charge in [-0.2, -0.15) is 0 Å². The molecule has 0 aliphatic carbocycles. The second-order valence-corrected chi connectivity index (χ2v) is 7.05. The van der Waals surface area contributed by atoms with Crippen molar-refractivity contribution in [3.63, 3.8) is 0 Å². The van der Waals surface area contributed by atoms with Gasteiger partial charge in [0.2, 0.25) is 0 Å². The lowest BCUT2D eigenvalue weighted by Gasteiger charge is -2.22. The van der Waals surface area contributed by atoms with Crippen LogP contribution in [0, 0.1) is 13.8 Å². The molecule has 0 saturated carbocycles. The Hall–Kier alpha value is -0.770. The molecule has 19 heavy (non-hydrogen) atoms. The fourth-order valence-corrected chi connectivity index (χ4v) is 4.53. The first-order valence-corrected chi connectivity index (χ1v) is 8.40. The van der Waals surface area contributed by atoms with Crippen LogP contribution in [0.3, 0.4) is 0 Å². The normalized spacial score (nSPS) is 14.3. The summed E-state index contributed by atoms with van der Waals surface area (Å²) in [5, 5.41) is 2.52. The Morgan fingerprint density at radius 3 is 2.37 bits per heavy atom. The summed E-state index contributed by atoms with van der Waals surface area (Å²) in [6.07, 6.45) is 1.00. The topological polar surface area (TPSA) is 26.0 Å². The minimum absolute atomic E-state index is 0.198. The van der Waals surface area contributed by atoms with Crippen LogP contribution in [-0.2, 0) is 0 Å². The number of benzene rings is 1. The molecule has 1 heterocycles. The van der Waals surface area contributed by atoms with Crippen molar-refractivity contribution in [3.05, 3.63) is 51.7 Å². The smallest absolute Gasteiger partial charge is 0.0591 e. The average Bonchev–Trinajstić information content (AvgIpc) is 2.83. The first kappa shape index (κ1) is 14.6. The van der Waals surface area contributed by atoms with E-state index in [-0.39, 0.29) is 6.04 Å². The van der Waals surface area contributed by atoms with Gasteiger partial charge in [-0.25, -0.2) is 0 Å². The highest BCUT2D eigenvalue weighted by Gasteiger charge is 2.22. The predicted molar refractivity (Wildman–Crippen MR) is 87.1 cm³/mol. The van der Waals surface area contributed by atoms with Gasteiger partial charge >= 0.3 is 0 Å². The summed E-state index contributed by atoms with van der Waals surface area (Å²) < 4.78 is 0. The summed E-state index contributed by atoms with van der Waals surface area (Å²) >= 11 is 3.71. The Bertz CT molecular complexity index is 516. The number of aryl methyl sites for hydroxylation is 2. The Kier molecular flexibility index (Phi) is 5.08. The van der Waals surface area contributed by atoms with Crippen molar-refractivity contribution >= 4 is 23.1 Å². The molecule has 1 aromatic heterocycles. The standard InChI is InChI=1S/C16H21NS2/c1-4-14(17)16(15-12(3)9-10-18-15)19-13-7-5-11(2)6-8-13/h5-10,14,16H,4,17H2,1-3H3. The van der Waals surface area contributed by atoms with Crippen LogP contribution in [0.5, 0.6) is 0 Å². The van der Waals surface area contributed by atoms with Gasteiger partial charge in [-0.1, -0.05) is 24.6 Å². The fourth-order valence-electron chi connectivity index (χ4n) is 1.99. The van der Waals surface area contributed by atoms with Crippen molar-refractivity contribution in [3.8, 4) is 0 Å². The molecule has 0 fully saturated rings. The molecule has 1 aromatic carbocycles. The lowest BCUT2D eigenvalue weighted by Crippen LogP contribution is -2.25. The molecule has 3 heteroatoms. The molecule has 1 nitrogen and oxygen atoms in total. The van der Waals surface area contributed by atoms with Crippen LogP contribution in [0.15, 0.2) is 40.6 Å². The fraction of sp³-hybridized carbons (Fsp3) is 0.375. The summed E-state index contributed by atoms with van der Waals surface area (Å²) in [5.74, 6) is 0. The zero-order valence-corrected chi connectivity index (χ0v) is 13.4. The Morgan fingerprint density at radius 2 is 1.84 bits per heavy atom. The van der Waals surface area contributed by atoms with E-state index in [1.165, 1.54) is 20.9 Å². The molecule has 0 aliphatic heterocycles. The largest absolute Gasteiger partial charge is 0.326 e. The van der Waals surface area contributed by atoms with E-state index in [4.69, 9.17) is 5.73 Å². The third kappa shape index (κ3) is 3.62. The molecule has 0 saturated heterocycles. The monoisotopic (exact) mass is 291 g/mol. The number of hydrogen-bond acceptors (Lipinski definition) is 3. The SMILES string of the molecule is CCC(N)C(Sc1ccc(C)cc1)c1sccc1C. The Labute approximate surface area is 124 Å². The molecule has 2 unspecified atom stereocenters. The summed E-state index contributed by atoms with van der Waals surface area (Å²) in [4.78, 5) is 2.72. The van der Waals surface area contributed by atoms with Gasteiger partial charge in [-0.15, -0.1) is 23.1 Å². The van der Waals surface area contributed by atoms with Gasteiger partial charge in [0, 0.05) is 15.8 Å². The third-order valence-electron chi connectivity index (χ3n) is 3.30. The van der Waals surface area contributed by atoms with Crippen LogP contribution < -0.4 is 5.73 Å². The van der Waals surface area contributed by atoms with Crippen molar-refractivity contribution in [1.82, 2.24) is 0 Å². The molecule has 2 N–H and O–H groups in total. The molecular formula is C16H21NS2. The molecule has 0 spiro atoms. The maximum Gasteiger partial charge on any atom is 0.0591 e. The summed E-state index contributed by atoms with van der Waals surface area (Å²) in [6, 6.07) is 11.1. The highest BCUT2D eigenvalue weighted by Crippen LogP contribution is 2.41. The van der Waals surface area contributed by atoms with E-state index in [9.17, 15) is 0 Å². The highest BCUT2D eigenvalue weighted by molar-refractivity contribution is 7.99. The van der Waals surface area contributed by atoms with Crippen molar-refractivity contribution < 1.29 is 0 Å². The van der Waals surface area contributed by atoms with Gasteiger partial charge in [-0.05, 0) is 49.4 Å². The second kappa shape index (κ2) is 6.60. The average molecular weight is 291 g/mol. The van der Waals surface area contributed by atoms with Crippen LogP contribution in [0.4, 0.5) is 0 Å². The number of thioether (sulfide) groups is 1. The molecule has 0 amide bonds. The molecule has 0 bridgehead atoms. The van der Waals surface area contributed by atoms with E-state index in [0.717, 1.165) is 6.42 Å². The zero-order chi connectivity index (χ0) is 13.8. The lowest BCUT2D eigenvalue weighted by molar-refractivity contribution is 0.638. The van der Waals surface area contributed by atoms with E-state index >= 15 is 0 Å². The van der Waals surface area contributed by atoms with E-state index in [2.05, 4.69) is 56.5 Å². The summed E-state index contributed by atoms with van der Waals surface area (Å²) in [5.41, 5.74) is 9.00. The van der Waals surface area contributed by atoms with Crippen molar-refractivity contribution in [2.24, 2.45) is 5.73 Å². The van der Waals surface area contributed by atoms with Crippen LogP contribution in [0.1, 0.15) is 34.6 Å². The number of rotatable bonds is 5. The maximum atomic E-state index is 6.34. The molecule has 0 radical (unpaired) electrons. The molecule has 2 atom stereocenters. The minimum atomic E-state index is 0.198. The Balaban J connectivity index is 2.24. The van der Waals surface area contributed by atoms with Gasteiger partial charge in [-0.3, -0.25) is 0 Å². The van der Waals surface area contributed by atoms with Gasteiger partial charge in [0.05, 0.1) is 5.25 Å². The summed E-state index contributed by atoms with van der Waals surface area (Å²) in [6.45, 7) is 6.46. The van der Waals surface area contributed by atoms with E-state index < -0.39 is 0 Å². The zero-order valence-electron chi connectivity index (χ0n) is 11.7. The van der Waals surface area contributed by atoms with Gasteiger partial charge in [0.25, 0.3) is 0 Å². The van der Waals surface area contributed by atoms with E-state index in [0.29, 0.717) is 5.25 Å². The quantitative estimate of drug-likeness (QED) is 0.790. The molecule has 0 aliphatic rings. The second-order valence-electron chi connectivity index (χ2n) is 4.89. The molecular weight excluding hydrogens is 270 g/mol. The molecule has 2 rings (SSSR count). The van der Waals surface area contributed by atoms with Gasteiger partial charge < -0.3 is 5.73 Å². The van der Waals surface area contributed by atoms with Gasteiger partial charge in [0.15, 0.2) is 0 Å². The first-order valence-electron chi connectivity index (χ1n) is 6.64.